The van der Waals surface area contributed by atoms with E-state index in [1.165, 1.54) is 11.3 Å². The van der Waals surface area contributed by atoms with E-state index in [1.807, 2.05) is 24.3 Å². The first-order valence-electron chi connectivity index (χ1n) is 9.00. The Labute approximate surface area is 202 Å². The SMILES string of the molecule is O=C(CCCOc1ccc(Cl)cc1Cl)NC(=S)NNC(=O)c1sc2ccccc2c1Cl. The lowest BCUT2D eigenvalue weighted by molar-refractivity contribution is -0.119. The molecule has 0 aliphatic carbocycles. The van der Waals surface area contributed by atoms with Crippen molar-refractivity contribution in [3.05, 3.63) is 62.4 Å². The van der Waals surface area contributed by atoms with Gasteiger partial charge in [0.05, 0.1) is 16.7 Å². The van der Waals surface area contributed by atoms with Crippen LogP contribution < -0.4 is 20.9 Å². The number of hydrogen-bond donors (Lipinski definition) is 3. The minimum Gasteiger partial charge on any atom is -0.492 e. The average Bonchev–Trinajstić information content (AvgIpc) is 3.07. The number of ether oxygens (including phenoxy) is 1. The maximum atomic E-state index is 12.4. The molecule has 2 amide bonds. The predicted octanol–water partition coefficient (Wildman–Crippen LogP) is 5.36. The van der Waals surface area contributed by atoms with Crippen molar-refractivity contribution in [3.8, 4) is 5.75 Å². The molecule has 0 radical (unpaired) electrons. The number of carbonyl (C=O) groups is 2. The summed E-state index contributed by atoms with van der Waals surface area (Å²) in [5.41, 5.74) is 4.94. The summed E-state index contributed by atoms with van der Waals surface area (Å²) in [4.78, 5) is 24.7. The van der Waals surface area contributed by atoms with Crippen LogP contribution in [0.4, 0.5) is 0 Å². The van der Waals surface area contributed by atoms with Crippen molar-refractivity contribution in [2.75, 3.05) is 6.61 Å². The number of hydrogen-bond acceptors (Lipinski definition) is 5. The Bertz CT molecular complexity index is 1140. The summed E-state index contributed by atoms with van der Waals surface area (Å²) in [6.07, 6.45) is 0.611. The van der Waals surface area contributed by atoms with Crippen LogP contribution in [0.25, 0.3) is 10.1 Å². The minimum absolute atomic E-state index is 0.0303. The number of benzene rings is 2. The first-order valence-corrected chi connectivity index (χ1v) is 11.4. The summed E-state index contributed by atoms with van der Waals surface area (Å²) in [5.74, 6) is -0.278. The highest BCUT2D eigenvalue weighted by Gasteiger charge is 2.17. The van der Waals surface area contributed by atoms with E-state index in [1.54, 1.807) is 18.2 Å². The molecular weight excluding hydrogens is 501 g/mol. The Morgan fingerprint density at radius 3 is 2.58 bits per heavy atom. The van der Waals surface area contributed by atoms with Crippen LogP contribution >= 0.6 is 58.4 Å². The van der Waals surface area contributed by atoms with Crippen LogP contribution in [0.15, 0.2) is 42.5 Å². The van der Waals surface area contributed by atoms with Crippen LogP contribution in [0.1, 0.15) is 22.5 Å². The fourth-order valence-electron chi connectivity index (χ4n) is 2.56. The maximum absolute atomic E-state index is 12.4. The molecule has 0 spiro atoms. The summed E-state index contributed by atoms with van der Waals surface area (Å²) < 4.78 is 6.42. The summed E-state index contributed by atoms with van der Waals surface area (Å²) in [6, 6.07) is 12.3. The molecule has 0 unspecified atom stereocenters. The van der Waals surface area contributed by atoms with Crippen LogP contribution in [-0.2, 0) is 4.79 Å². The monoisotopic (exact) mass is 515 g/mol. The molecule has 6 nitrogen and oxygen atoms in total. The molecule has 3 N–H and O–H groups in total. The van der Waals surface area contributed by atoms with Crippen LogP contribution in [0.2, 0.25) is 15.1 Å². The topological polar surface area (TPSA) is 79.5 Å². The number of fused-ring (bicyclic) bond motifs is 1. The summed E-state index contributed by atoms with van der Waals surface area (Å²) in [6.45, 7) is 0.288. The molecule has 0 saturated heterocycles. The molecule has 11 heteroatoms. The van der Waals surface area contributed by atoms with Crippen molar-refractivity contribution in [1.29, 1.82) is 0 Å². The van der Waals surface area contributed by atoms with Crippen LogP contribution in [-0.4, -0.2) is 23.5 Å². The Morgan fingerprint density at radius 1 is 1.06 bits per heavy atom. The average molecular weight is 517 g/mol. The maximum Gasteiger partial charge on any atom is 0.281 e. The zero-order chi connectivity index (χ0) is 22.4. The van der Waals surface area contributed by atoms with Gasteiger partial charge in [-0.05, 0) is 42.9 Å². The lowest BCUT2D eigenvalue weighted by Gasteiger charge is -2.11. The summed E-state index contributed by atoms with van der Waals surface area (Å²) in [7, 11) is 0. The molecule has 0 saturated carbocycles. The molecule has 1 heterocycles. The van der Waals surface area contributed by atoms with Crippen LogP contribution in [0, 0.1) is 0 Å². The quantitative estimate of drug-likeness (QED) is 0.234. The van der Waals surface area contributed by atoms with Crippen molar-refractivity contribution in [1.82, 2.24) is 16.2 Å². The first-order chi connectivity index (χ1) is 14.8. The number of thiophene rings is 1. The van der Waals surface area contributed by atoms with Crippen LogP contribution in [0.5, 0.6) is 5.75 Å². The summed E-state index contributed by atoms with van der Waals surface area (Å²) in [5, 5.41) is 4.54. The largest absolute Gasteiger partial charge is 0.492 e. The molecule has 162 valence electrons. The number of nitrogens with one attached hydrogen (secondary N) is 3. The third-order valence-electron chi connectivity index (χ3n) is 3.98. The van der Waals surface area contributed by atoms with E-state index < -0.39 is 5.91 Å². The van der Waals surface area contributed by atoms with Gasteiger partial charge in [0.2, 0.25) is 5.91 Å². The molecule has 0 aliphatic heterocycles. The van der Waals surface area contributed by atoms with E-state index in [2.05, 4.69) is 16.2 Å². The van der Waals surface area contributed by atoms with Gasteiger partial charge in [0.15, 0.2) is 5.11 Å². The van der Waals surface area contributed by atoms with Crippen molar-refractivity contribution >= 4 is 85.4 Å². The highest BCUT2D eigenvalue weighted by Crippen LogP contribution is 2.34. The third kappa shape index (κ3) is 6.44. The van der Waals surface area contributed by atoms with Crippen molar-refractivity contribution < 1.29 is 14.3 Å². The van der Waals surface area contributed by atoms with Gasteiger partial charge in [0.1, 0.15) is 10.6 Å². The van der Waals surface area contributed by atoms with E-state index in [0.29, 0.717) is 32.1 Å². The van der Waals surface area contributed by atoms with Crippen molar-refractivity contribution in [3.63, 3.8) is 0 Å². The Kier molecular flexibility index (Phi) is 8.34. The van der Waals surface area contributed by atoms with Crippen LogP contribution in [0.3, 0.4) is 0 Å². The number of hydrazine groups is 1. The van der Waals surface area contributed by atoms with E-state index in [4.69, 9.17) is 51.8 Å². The number of carbonyl (C=O) groups excluding carboxylic acids is 2. The first kappa shape index (κ1) is 23.6. The Balaban J connectivity index is 1.39. The Hall–Kier alpha value is -2.10. The van der Waals surface area contributed by atoms with Gasteiger partial charge in [-0.3, -0.25) is 20.4 Å². The highest BCUT2D eigenvalue weighted by molar-refractivity contribution is 7.80. The molecule has 3 rings (SSSR count). The van der Waals surface area contributed by atoms with Gasteiger partial charge in [-0.2, -0.15) is 0 Å². The zero-order valence-corrected chi connectivity index (χ0v) is 19.7. The van der Waals surface area contributed by atoms with E-state index in [9.17, 15) is 9.59 Å². The predicted molar refractivity (Wildman–Crippen MR) is 129 cm³/mol. The number of amides is 2. The van der Waals surface area contributed by atoms with E-state index in [0.717, 1.165) is 10.1 Å². The second-order valence-electron chi connectivity index (χ2n) is 6.22. The molecule has 0 fully saturated rings. The minimum atomic E-state index is -0.448. The fourth-order valence-corrected chi connectivity index (χ4v) is 4.60. The molecule has 2 aromatic carbocycles. The molecule has 31 heavy (non-hydrogen) atoms. The molecule has 0 atom stereocenters. The number of halogens is 3. The van der Waals surface area contributed by atoms with Gasteiger partial charge in [-0.1, -0.05) is 53.0 Å². The third-order valence-corrected chi connectivity index (χ3v) is 6.39. The number of thiocarbonyl (C=S) groups is 1. The second-order valence-corrected chi connectivity index (χ2v) is 8.91. The van der Waals surface area contributed by atoms with Crippen molar-refractivity contribution in [2.45, 2.75) is 12.8 Å². The van der Waals surface area contributed by atoms with Gasteiger partial charge in [0, 0.05) is 21.5 Å². The van der Waals surface area contributed by atoms with Gasteiger partial charge in [0.25, 0.3) is 5.91 Å². The molecule has 3 aromatic rings. The lowest BCUT2D eigenvalue weighted by atomic mass is 10.2. The van der Waals surface area contributed by atoms with Gasteiger partial charge < -0.3 is 10.1 Å². The Morgan fingerprint density at radius 2 is 1.84 bits per heavy atom. The normalized spacial score (nSPS) is 10.5. The zero-order valence-electron chi connectivity index (χ0n) is 15.8. The molecule has 0 bridgehead atoms. The van der Waals surface area contributed by atoms with Gasteiger partial charge in [-0.15, -0.1) is 11.3 Å². The molecule has 0 aliphatic rings. The lowest BCUT2D eigenvalue weighted by Crippen LogP contribution is -2.48. The molecular formula is C20H16Cl3N3O3S2. The summed E-state index contributed by atoms with van der Waals surface area (Å²) >= 11 is 24.4. The van der Waals surface area contributed by atoms with Gasteiger partial charge >= 0.3 is 0 Å². The highest BCUT2D eigenvalue weighted by atomic mass is 35.5. The standard InChI is InChI=1S/C20H16Cl3N3O3S2/c21-11-7-8-14(13(22)10-11)29-9-3-6-16(27)24-20(30)26-25-19(28)18-17(23)12-4-1-2-5-15(12)31-18/h1-2,4-5,7-8,10H,3,6,9H2,(H,25,28)(H2,24,26,27,30). The smallest absolute Gasteiger partial charge is 0.281 e. The van der Waals surface area contributed by atoms with Crippen molar-refractivity contribution in [2.24, 2.45) is 0 Å². The second kappa shape index (κ2) is 11.0. The van der Waals surface area contributed by atoms with E-state index in [-0.39, 0.29) is 24.0 Å². The van der Waals surface area contributed by atoms with E-state index >= 15 is 0 Å². The van der Waals surface area contributed by atoms with Gasteiger partial charge in [-0.25, -0.2) is 0 Å². The fraction of sp³-hybridized carbons (Fsp3) is 0.150. The number of rotatable bonds is 6. The molecule has 1 aromatic heterocycles.